The van der Waals surface area contributed by atoms with Crippen molar-refractivity contribution >= 4 is 10.0 Å². The van der Waals surface area contributed by atoms with Crippen LogP contribution in [0.5, 0.6) is 0 Å². The van der Waals surface area contributed by atoms with Crippen LogP contribution in [0.3, 0.4) is 0 Å². The van der Waals surface area contributed by atoms with Crippen molar-refractivity contribution in [1.29, 1.82) is 0 Å². The lowest BCUT2D eigenvalue weighted by Crippen LogP contribution is -2.24. The SMILES string of the molecule is Cn1cc(S(=O)(=O)NCCCC2CC2)cc1CNC1CC1. The molecule has 0 atom stereocenters. The monoisotopic (exact) mass is 311 g/mol. The first kappa shape index (κ1) is 15.1. The van der Waals surface area contributed by atoms with Crippen LogP contribution in [0.1, 0.15) is 44.2 Å². The molecular formula is C15H25N3O2S. The highest BCUT2D eigenvalue weighted by Crippen LogP contribution is 2.33. The Morgan fingerprint density at radius 3 is 2.71 bits per heavy atom. The van der Waals surface area contributed by atoms with Gasteiger partial charge in [0.15, 0.2) is 0 Å². The maximum atomic E-state index is 12.3. The number of nitrogens with one attached hydrogen (secondary N) is 2. The van der Waals surface area contributed by atoms with Crippen LogP contribution < -0.4 is 10.0 Å². The quantitative estimate of drug-likeness (QED) is 0.683. The first-order chi connectivity index (χ1) is 10.0. The Hall–Kier alpha value is -0.850. The predicted octanol–water partition coefficient (Wildman–Crippen LogP) is 1.75. The molecule has 0 amide bonds. The third kappa shape index (κ3) is 4.31. The molecule has 2 fully saturated rings. The van der Waals surface area contributed by atoms with Crippen LogP contribution in [-0.2, 0) is 23.6 Å². The lowest BCUT2D eigenvalue weighted by Gasteiger charge is -2.04. The molecule has 2 saturated carbocycles. The van der Waals surface area contributed by atoms with Crippen LogP contribution in [0, 0.1) is 5.92 Å². The van der Waals surface area contributed by atoms with Gasteiger partial charge in [0.1, 0.15) is 0 Å². The van der Waals surface area contributed by atoms with E-state index in [1.807, 2.05) is 11.6 Å². The molecule has 1 heterocycles. The zero-order valence-electron chi connectivity index (χ0n) is 12.6. The topological polar surface area (TPSA) is 63.1 Å². The fourth-order valence-corrected chi connectivity index (χ4v) is 3.69. The maximum absolute atomic E-state index is 12.3. The summed E-state index contributed by atoms with van der Waals surface area (Å²) in [5, 5.41) is 3.41. The van der Waals surface area contributed by atoms with E-state index in [1.54, 1.807) is 12.3 Å². The van der Waals surface area contributed by atoms with Gasteiger partial charge in [0.05, 0.1) is 4.90 Å². The summed E-state index contributed by atoms with van der Waals surface area (Å²) in [6, 6.07) is 2.40. The molecule has 0 unspecified atom stereocenters. The van der Waals surface area contributed by atoms with Crippen LogP contribution in [0.2, 0.25) is 0 Å². The molecule has 3 rings (SSSR count). The highest BCUT2D eigenvalue weighted by molar-refractivity contribution is 7.89. The van der Waals surface area contributed by atoms with E-state index in [2.05, 4.69) is 10.0 Å². The average Bonchev–Trinajstić information content (AvgIpc) is 3.33. The maximum Gasteiger partial charge on any atom is 0.242 e. The molecule has 2 N–H and O–H groups in total. The Kier molecular flexibility index (Phi) is 4.38. The van der Waals surface area contributed by atoms with Gasteiger partial charge in [-0.3, -0.25) is 0 Å². The van der Waals surface area contributed by atoms with Crippen LogP contribution in [0.15, 0.2) is 17.2 Å². The Balaban J connectivity index is 1.53. The van der Waals surface area contributed by atoms with Gasteiger partial charge in [-0.15, -0.1) is 0 Å². The molecular weight excluding hydrogens is 286 g/mol. The Morgan fingerprint density at radius 1 is 1.29 bits per heavy atom. The fraction of sp³-hybridized carbons (Fsp3) is 0.733. The molecule has 2 aliphatic carbocycles. The van der Waals surface area contributed by atoms with E-state index in [0.717, 1.165) is 31.0 Å². The molecule has 0 aromatic carbocycles. The van der Waals surface area contributed by atoms with Gasteiger partial charge in [0.2, 0.25) is 10.0 Å². The third-order valence-corrected chi connectivity index (χ3v) is 5.75. The number of nitrogens with zero attached hydrogens (tertiary/aromatic N) is 1. The molecule has 0 spiro atoms. The molecule has 0 radical (unpaired) electrons. The van der Waals surface area contributed by atoms with Gasteiger partial charge in [-0.05, 0) is 37.7 Å². The van der Waals surface area contributed by atoms with Crippen molar-refractivity contribution in [3.05, 3.63) is 18.0 Å². The molecule has 118 valence electrons. The summed E-state index contributed by atoms with van der Waals surface area (Å²) in [5.74, 6) is 0.853. The van der Waals surface area contributed by atoms with Crippen LogP contribution >= 0.6 is 0 Å². The molecule has 2 aliphatic rings. The smallest absolute Gasteiger partial charge is 0.242 e. The molecule has 6 heteroatoms. The van der Waals surface area contributed by atoms with Crippen molar-refractivity contribution < 1.29 is 8.42 Å². The van der Waals surface area contributed by atoms with E-state index in [1.165, 1.54) is 25.7 Å². The molecule has 1 aromatic rings. The van der Waals surface area contributed by atoms with Crippen LogP contribution in [-0.4, -0.2) is 25.6 Å². The number of rotatable bonds is 9. The second kappa shape index (κ2) is 6.10. The Labute approximate surface area is 127 Å². The van der Waals surface area contributed by atoms with Crippen molar-refractivity contribution in [2.24, 2.45) is 13.0 Å². The number of aromatic nitrogens is 1. The minimum absolute atomic E-state index is 0.379. The molecule has 21 heavy (non-hydrogen) atoms. The highest BCUT2D eigenvalue weighted by atomic mass is 32.2. The number of hydrogen-bond acceptors (Lipinski definition) is 3. The summed E-state index contributed by atoms with van der Waals surface area (Å²) in [4.78, 5) is 0.379. The van der Waals surface area contributed by atoms with E-state index in [4.69, 9.17) is 0 Å². The Morgan fingerprint density at radius 2 is 2.05 bits per heavy atom. The predicted molar refractivity (Wildman–Crippen MR) is 82.4 cm³/mol. The second-order valence-corrected chi connectivity index (χ2v) is 8.18. The molecule has 0 saturated heterocycles. The minimum Gasteiger partial charge on any atom is -0.352 e. The summed E-state index contributed by atoms with van der Waals surface area (Å²) < 4.78 is 29.1. The van der Waals surface area contributed by atoms with Gasteiger partial charge in [0.25, 0.3) is 0 Å². The zero-order valence-corrected chi connectivity index (χ0v) is 13.5. The molecule has 1 aromatic heterocycles. The van der Waals surface area contributed by atoms with Crippen LogP contribution in [0.4, 0.5) is 0 Å². The van der Waals surface area contributed by atoms with E-state index in [9.17, 15) is 8.42 Å². The van der Waals surface area contributed by atoms with E-state index < -0.39 is 10.0 Å². The minimum atomic E-state index is -3.36. The second-order valence-electron chi connectivity index (χ2n) is 6.42. The number of aryl methyl sites for hydroxylation is 1. The average molecular weight is 311 g/mol. The standard InChI is InChI=1S/C15H25N3O2S/c1-18-11-15(9-14(18)10-16-13-6-7-13)21(19,20)17-8-2-3-12-4-5-12/h9,11-13,16-17H,2-8,10H2,1H3. The number of sulfonamides is 1. The highest BCUT2D eigenvalue weighted by Gasteiger charge is 2.23. The van der Waals surface area contributed by atoms with Gasteiger partial charge in [-0.2, -0.15) is 0 Å². The lowest BCUT2D eigenvalue weighted by atomic mass is 10.2. The fourth-order valence-electron chi connectivity index (χ4n) is 2.52. The summed E-state index contributed by atoms with van der Waals surface area (Å²) in [7, 11) is -1.46. The molecule has 5 nitrogen and oxygen atoms in total. The van der Waals surface area contributed by atoms with Gasteiger partial charge in [-0.25, -0.2) is 13.1 Å². The first-order valence-corrected chi connectivity index (χ1v) is 9.41. The summed E-state index contributed by atoms with van der Waals surface area (Å²) >= 11 is 0. The summed E-state index contributed by atoms with van der Waals surface area (Å²) in [6.45, 7) is 1.28. The van der Waals surface area contributed by atoms with Crippen LogP contribution in [0.25, 0.3) is 0 Å². The van der Waals surface area contributed by atoms with Gasteiger partial charge in [0, 0.05) is 38.1 Å². The molecule has 0 aliphatic heterocycles. The first-order valence-electron chi connectivity index (χ1n) is 7.93. The van der Waals surface area contributed by atoms with E-state index in [-0.39, 0.29) is 0 Å². The Bertz CT molecular complexity index is 586. The zero-order chi connectivity index (χ0) is 14.9. The van der Waals surface area contributed by atoms with Gasteiger partial charge in [-0.1, -0.05) is 12.8 Å². The van der Waals surface area contributed by atoms with E-state index >= 15 is 0 Å². The van der Waals surface area contributed by atoms with Crippen molar-refractivity contribution in [2.45, 2.75) is 56.0 Å². The van der Waals surface area contributed by atoms with Gasteiger partial charge < -0.3 is 9.88 Å². The van der Waals surface area contributed by atoms with Crippen molar-refractivity contribution in [3.63, 3.8) is 0 Å². The lowest BCUT2D eigenvalue weighted by molar-refractivity contribution is 0.572. The van der Waals surface area contributed by atoms with Crippen molar-refractivity contribution in [3.8, 4) is 0 Å². The third-order valence-electron chi connectivity index (χ3n) is 4.32. The summed E-state index contributed by atoms with van der Waals surface area (Å²) in [5.41, 5.74) is 1.01. The van der Waals surface area contributed by atoms with Crippen molar-refractivity contribution in [2.75, 3.05) is 6.54 Å². The summed E-state index contributed by atoms with van der Waals surface area (Å²) in [6.07, 6.45) is 8.90. The van der Waals surface area contributed by atoms with Crippen molar-refractivity contribution in [1.82, 2.24) is 14.6 Å². The normalized spacial score (nSPS) is 19.1. The van der Waals surface area contributed by atoms with E-state index in [0.29, 0.717) is 17.5 Å². The van der Waals surface area contributed by atoms with Gasteiger partial charge >= 0.3 is 0 Å². The number of hydrogen-bond donors (Lipinski definition) is 2. The largest absolute Gasteiger partial charge is 0.352 e. The molecule has 0 bridgehead atoms.